The number of nitrogens with zero attached hydrogens (tertiary/aromatic N) is 2. The van der Waals surface area contributed by atoms with Crippen molar-refractivity contribution in [3.63, 3.8) is 0 Å². The lowest BCUT2D eigenvalue weighted by atomic mass is 10.1. The molecule has 0 fully saturated rings. The van der Waals surface area contributed by atoms with E-state index in [-0.39, 0.29) is 5.91 Å². The minimum absolute atomic E-state index is 0.172. The number of fused-ring (bicyclic) bond motifs is 1. The molecule has 0 bridgehead atoms. The molecule has 4 rings (SSSR count). The van der Waals surface area contributed by atoms with Crippen LogP contribution in [0.1, 0.15) is 32.7 Å². The van der Waals surface area contributed by atoms with Gasteiger partial charge in [-0.1, -0.05) is 24.3 Å². The molecular weight excluding hydrogens is 334 g/mol. The Kier molecular flexibility index (Phi) is 4.03. The van der Waals surface area contributed by atoms with Crippen LogP contribution in [-0.4, -0.2) is 15.9 Å². The minimum Gasteiger partial charge on any atom is -0.459 e. The molecule has 1 aromatic carbocycles. The van der Waals surface area contributed by atoms with Gasteiger partial charge in [0.2, 0.25) is 0 Å². The van der Waals surface area contributed by atoms with E-state index in [1.54, 1.807) is 17.9 Å². The number of pyridine rings is 1. The Bertz CT molecular complexity index is 990. The highest BCUT2D eigenvalue weighted by molar-refractivity contribution is 7.11. The van der Waals surface area contributed by atoms with Crippen molar-refractivity contribution in [2.75, 3.05) is 0 Å². The Hall–Kier alpha value is -2.99. The first-order valence-corrected chi connectivity index (χ1v) is 8.69. The van der Waals surface area contributed by atoms with E-state index >= 15 is 0 Å². The van der Waals surface area contributed by atoms with E-state index in [1.165, 1.54) is 11.3 Å². The number of benzene rings is 1. The lowest BCUT2D eigenvalue weighted by Crippen LogP contribution is -2.29. The van der Waals surface area contributed by atoms with Crippen LogP contribution in [0.25, 0.3) is 11.0 Å². The lowest BCUT2D eigenvalue weighted by Gasteiger charge is -2.16. The zero-order chi connectivity index (χ0) is 17.2. The first-order valence-electron chi connectivity index (χ1n) is 7.82. The molecule has 5 nitrogen and oxygen atoms in total. The highest BCUT2D eigenvalue weighted by atomic mass is 32.1. The molecule has 0 aliphatic rings. The van der Waals surface area contributed by atoms with Crippen LogP contribution >= 0.6 is 11.3 Å². The van der Waals surface area contributed by atoms with Gasteiger partial charge < -0.3 is 9.73 Å². The van der Waals surface area contributed by atoms with Crippen LogP contribution in [0, 0.1) is 6.92 Å². The van der Waals surface area contributed by atoms with Crippen molar-refractivity contribution in [1.82, 2.24) is 15.3 Å². The minimum atomic E-state index is -0.421. The molecule has 6 heteroatoms. The van der Waals surface area contributed by atoms with Crippen molar-refractivity contribution in [2.24, 2.45) is 0 Å². The predicted molar refractivity (Wildman–Crippen MR) is 96.6 cm³/mol. The molecule has 1 unspecified atom stereocenters. The summed E-state index contributed by atoms with van der Waals surface area (Å²) in [6.07, 6.45) is 3.44. The van der Waals surface area contributed by atoms with Crippen molar-refractivity contribution in [1.29, 1.82) is 0 Å². The summed E-state index contributed by atoms with van der Waals surface area (Å²) in [5, 5.41) is 4.05. The number of furan rings is 1. The summed E-state index contributed by atoms with van der Waals surface area (Å²) in [6.45, 7) is 1.83. The van der Waals surface area contributed by atoms with Crippen LogP contribution in [0.2, 0.25) is 0 Å². The molecule has 1 atom stereocenters. The van der Waals surface area contributed by atoms with E-state index in [9.17, 15) is 4.79 Å². The number of nitrogens with one attached hydrogen (secondary N) is 1. The van der Waals surface area contributed by atoms with Crippen molar-refractivity contribution < 1.29 is 9.21 Å². The predicted octanol–water partition coefficient (Wildman–Crippen LogP) is 4.11. The SMILES string of the molecule is Cc1ncsc1C(=O)NC(c1cccnc1)c1cc2ccccc2o1. The van der Waals surface area contributed by atoms with Gasteiger partial charge in [-0.2, -0.15) is 0 Å². The second kappa shape index (κ2) is 6.49. The highest BCUT2D eigenvalue weighted by Crippen LogP contribution is 2.28. The van der Waals surface area contributed by atoms with E-state index < -0.39 is 6.04 Å². The Balaban J connectivity index is 1.74. The fourth-order valence-electron chi connectivity index (χ4n) is 2.73. The molecule has 1 amide bonds. The summed E-state index contributed by atoms with van der Waals surface area (Å²) in [5.41, 5.74) is 4.04. The smallest absolute Gasteiger partial charge is 0.264 e. The number of hydrogen-bond acceptors (Lipinski definition) is 5. The molecule has 0 aliphatic heterocycles. The van der Waals surface area contributed by atoms with Gasteiger partial charge in [-0.15, -0.1) is 11.3 Å². The summed E-state index contributed by atoms with van der Waals surface area (Å²) in [4.78, 5) is 21.6. The van der Waals surface area contributed by atoms with Gasteiger partial charge in [0.25, 0.3) is 5.91 Å². The molecule has 0 saturated heterocycles. The third kappa shape index (κ3) is 3.04. The monoisotopic (exact) mass is 349 g/mol. The topological polar surface area (TPSA) is 68.0 Å². The summed E-state index contributed by atoms with van der Waals surface area (Å²) < 4.78 is 5.98. The molecule has 1 N–H and O–H groups in total. The molecule has 4 aromatic rings. The van der Waals surface area contributed by atoms with Crippen molar-refractivity contribution in [3.8, 4) is 0 Å². The van der Waals surface area contributed by atoms with Gasteiger partial charge >= 0.3 is 0 Å². The average molecular weight is 349 g/mol. The molecule has 124 valence electrons. The number of para-hydroxylation sites is 1. The van der Waals surface area contributed by atoms with Gasteiger partial charge in [0.1, 0.15) is 22.3 Å². The molecular formula is C19H15N3O2S. The zero-order valence-electron chi connectivity index (χ0n) is 13.5. The Labute approximate surface area is 148 Å². The zero-order valence-corrected chi connectivity index (χ0v) is 14.3. The fourth-order valence-corrected chi connectivity index (χ4v) is 3.43. The van der Waals surface area contributed by atoms with Crippen molar-refractivity contribution in [2.45, 2.75) is 13.0 Å². The van der Waals surface area contributed by atoms with Crippen LogP contribution in [-0.2, 0) is 0 Å². The molecule has 3 aromatic heterocycles. The van der Waals surface area contributed by atoms with Crippen LogP contribution in [0.3, 0.4) is 0 Å². The number of aromatic nitrogens is 2. The second-order valence-corrected chi connectivity index (χ2v) is 6.50. The van der Waals surface area contributed by atoms with Crippen LogP contribution < -0.4 is 5.32 Å². The number of amides is 1. The van der Waals surface area contributed by atoms with E-state index in [0.717, 1.165) is 22.2 Å². The second-order valence-electron chi connectivity index (χ2n) is 5.65. The van der Waals surface area contributed by atoms with E-state index in [4.69, 9.17) is 4.42 Å². The molecule has 0 spiro atoms. The number of carbonyl (C=O) groups excluding carboxylic acids is 1. The average Bonchev–Trinajstić information content (AvgIpc) is 3.26. The molecule has 3 heterocycles. The fraction of sp³-hybridized carbons (Fsp3) is 0.105. The quantitative estimate of drug-likeness (QED) is 0.602. The van der Waals surface area contributed by atoms with Gasteiger partial charge in [-0.25, -0.2) is 4.98 Å². The Morgan fingerprint density at radius 2 is 2.12 bits per heavy atom. The number of aryl methyl sites for hydroxylation is 1. The number of thiazole rings is 1. The Morgan fingerprint density at radius 1 is 1.24 bits per heavy atom. The first-order chi connectivity index (χ1) is 12.2. The summed E-state index contributed by atoms with van der Waals surface area (Å²) in [7, 11) is 0. The van der Waals surface area contributed by atoms with E-state index in [0.29, 0.717) is 10.6 Å². The van der Waals surface area contributed by atoms with Crippen LogP contribution in [0.5, 0.6) is 0 Å². The number of rotatable bonds is 4. The van der Waals surface area contributed by atoms with Gasteiger partial charge in [0.15, 0.2) is 0 Å². The van der Waals surface area contributed by atoms with Crippen molar-refractivity contribution >= 4 is 28.2 Å². The maximum absolute atomic E-state index is 12.7. The maximum Gasteiger partial charge on any atom is 0.264 e. The van der Waals surface area contributed by atoms with E-state index in [1.807, 2.05) is 49.4 Å². The van der Waals surface area contributed by atoms with Gasteiger partial charge in [-0.3, -0.25) is 9.78 Å². The Morgan fingerprint density at radius 3 is 2.84 bits per heavy atom. The molecule has 25 heavy (non-hydrogen) atoms. The van der Waals surface area contributed by atoms with Gasteiger partial charge in [0.05, 0.1) is 11.2 Å². The lowest BCUT2D eigenvalue weighted by molar-refractivity contribution is 0.0942. The normalized spacial score (nSPS) is 12.2. The van der Waals surface area contributed by atoms with Crippen LogP contribution in [0.15, 0.2) is 64.8 Å². The summed E-state index contributed by atoms with van der Waals surface area (Å²) in [6, 6.07) is 13.1. The molecule has 0 aliphatic carbocycles. The van der Waals surface area contributed by atoms with Gasteiger partial charge in [0, 0.05) is 23.3 Å². The largest absolute Gasteiger partial charge is 0.459 e. The third-order valence-corrected chi connectivity index (χ3v) is 4.90. The molecule has 0 radical (unpaired) electrons. The summed E-state index contributed by atoms with van der Waals surface area (Å²) >= 11 is 1.33. The standard InChI is InChI=1S/C19H15N3O2S/c1-12-18(25-11-21-12)19(23)22-17(14-6-4-8-20-10-14)16-9-13-5-2-3-7-15(13)24-16/h2-11,17H,1H3,(H,22,23). The van der Waals surface area contributed by atoms with Crippen LogP contribution in [0.4, 0.5) is 0 Å². The van der Waals surface area contributed by atoms with E-state index in [2.05, 4.69) is 15.3 Å². The third-order valence-electron chi connectivity index (χ3n) is 3.97. The number of hydrogen-bond donors (Lipinski definition) is 1. The maximum atomic E-state index is 12.7. The van der Waals surface area contributed by atoms with Gasteiger partial charge in [-0.05, 0) is 25.1 Å². The van der Waals surface area contributed by atoms with Crippen molar-refractivity contribution in [3.05, 3.63) is 82.3 Å². The molecule has 0 saturated carbocycles. The highest BCUT2D eigenvalue weighted by Gasteiger charge is 2.23. The first kappa shape index (κ1) is 15.5. The summed E-state index contributed by atoms with van der Waals surface area (Å²) in [5.74, 6) is 0.499. The number of carbonyl (C=O) groups is 1.